The van der Waals surface area contributed by atoms with Crippen LogP contribution in [0.5, 0.6) is 0 Å². The fourth-order valence-electron chi connectivity index (χ4n) is 3.05. The second kappa shape index (κ2) is 6.27. The summed E-state index contributed by atoms with van der Waals surface area (Å²) in [4.78, 5) is 2.60. The van der Waals surface area contributed by atoms with E-state index in [-0.39, 0.29) is 0 Å². The van der Waals surface area contributed by atoms with Gasteiger partial charge in [-0.25, -0.2) is 0 Å². The van der Waals surface area contributed by atoms with Crippen LogP contribution in [0.2, 0.25) is 0 Å². The average molecular weight is 242 g/mol. The van der Waals surface area contributed by atoms with Gasteiger partial charge in [0.1, 0.15) is 0 Å². The average Bonchev–Trinajstić information content (AvgIpc) is 2.31. The Morgan fingerprint density at radius 3 is 2.81 bits per heavy atom. The third kappa shape index (κ3) is 3.38. The second-order valence-electron chi connectivity index (χ2n) is 5.28. The Balaban J connectivity index is 1.74. The fraction of sp³-hybridized carbons (Fsp3) is 1.00. The van der Waals surface area contributed by atoms with E-state index in [0.717, 1.165) is 18.1 Å². The Morgan fingerprint density at radius 2 is 2.19 bits per heavy atom. The van der Waals surface area contributed by atoms with Gasteiger partial charge in [-0.1, -0.05) is 6.92 Å². The van der Waals surface area contributed by atoms with E-state index >= 15 is 0 Å². The molecule has 2 fully saturated rings. The molecule has 0 saturated carbocycles. The molecule has 0 bridgehead atoms. The molecule has 2 rings (SSSR count). The lowest BCUT2D eigenvalue weighted by molar-refractivity contribution is 0.138. The van der Waals surface area contributed by atoms with Crippen LogP contribution < -0.4 is 5.32 Å². The minimum Gasteiger partial charge on any atom is -0.310 e. The Labute approximate surface area is 105 Å². The highest BCUT2D eigenvalue weighted by Gasteiger charge is 2.26. The molecule has 2 nitrogen and oxygen atoms in total. The summed E-state index contributed by atoms with van der Waals surface area (Å²) in [5.41, 5.74) is 0. The molecule has 2 aliphatic rings. The summed E-state index contributed by atoms with van der Waals surface area (Å²) in [5, 5.41) is 3.89. The molecule has 0 amide bonds. The number of thioether (sulfide) groups is 1. The van der Waals surface area contributed by atoms with Crippen molar-refractivity contribution < 1.29 is 0 Å². The largest absolute Gasteiger partial charge is 0.310 e. The van der Waals surface area contributed by atoms with Crippen molar-refractivity contribution in [1.82, 2.24) is 10.2 Å². The number of nitrogens with zero attached hydrogens (tertiary/aromatic N) is 1. The van der Waals surface area contributed by atoms with Crippen LogP contribution in [-0.2, 0) is 0 Å². The summed E-state index contributed by atoms with van der Waals surface area (Å²) < 4.78 is 0. The van der Waals surface area contributed by atoms with Crippen molar-refractivity contribution >= 4 is 11.8 Å². The molecule has 3 heteroatoms. The summed E-state index contributed by atoms with van der Waals surface area (Å²) in [6.07, 6.45) is 5.50. The van der Waals surface area contributed by atoms with Gasteiger partial charge in [-0.15, -0.1) is 0 Å². The van der Waals surface area contributed by atoms with E-state index in [4.69, 9.17) is 0 Å². The van der Waals surface area contributed by atoms with Crippen LogP contribution in [0.25, 0.3) is 0 Å². The van der Waals surface area contributed by atoms with Crippen molar-refractivity contribution in [2.75, 3.05) is 24.6 Å². The summed E-state index contributed by atoms with van der Waals surface area (Å²) in [6, 6.07) is 2.35. The van der Waals surface area contributed by atoms with Gasteiger partial charge in [0.25, 0.3) is 0 Å². The zero-order valence-electron chi connectivity index (χ0n) is 10.7. The molecule has 2 saturated heterocycles. The van der Waals surface area contributed by atoms with Crippen LogP contribution in [0.3, 0.4) is 0 Å². The molecular formula is C13H26N2S. The summed E-state index contributed by atoms with van der Waals surface area (Å²) in [5.74, 6) is 2.71. The normalized spacial score (nSPS) is 37.5. The van der Waals surface area contributed by atoms with Crippen LogP contribution in [0.4, 0.5) is 0 Å². The lowest BCUT2D eigenvalue weighted by atomic mass is 9.97. The standard InChI is InChI=1S/C13H26N2S/c1-3-15-7-6-12(9-11(15)2)14-13-5-4-8-16-10-13/h11-14H,3-10H2,1-2H3. The van der Waals surface area contributed by atoms with Gasteiger partial charge in [0.05, 0.1) is 0 Å². The molecule has 0 radical (unpaired) electrons. The Morgan fingerprint density at radius 1 is 1.31 bits per heavy atom. The predicted octanol–water partition coefficient (Wildman–Crippen LogP) is 2.34. The third-order valence-electron chi connectivity index (χ3n) is 4.05. The topological polar surface area (TPSA) is 15.3 Å². The van der Waals surface area contributed by atoms with Gasteiger partial charge in [-0.2, -0.15) is 11.8 Å². The lowest BCUT2D eigenvalue weighted by Gasteiger charge is -2.39. The van der Waals surface area contributed by atoms with Gasteiger partial charge in [-0.05, 0) is 51.4 Å². The van der Waals surface area contributed by atoms with Crippen molar-refractivity contribution in [3.8, 4) is 0 Å². The Kier molecular flexibility index (Phi) is 4.98. The quantitative estimate of drug-likeness (QED) is 0.818. The minimum absolute atomic E-state index is 0.771. The van der Waals surface area contributed by atoms with Crippen molar-refractivity contribution in [3.05, 3.63) is 0 Å². The van der Waals surface area contributed by atoms with Crippen molar-refractivity contribution in [2.24, 2.45) is 0 Å². The molecule has 0 aromatic heterocycles. The van der Waals surface area contributed by atoms with Crippen molar-refractivity contribution in [3.63, 3.8) is 0 Å². The van der Waals surface area contributed by atoms with E-state index in [9.17, 15) is 0 Å². The summed E-state index contributed by atoms with van der Waals surface area (Å²) >= 11 is 2.12. The van der Waals surface area contributed by atoms with E-state index in [2.05, 4.69) is 35.8 Å². The molecule has 1 N–H and O–H groups in total. The fourth-order valence-corrected chi connectivity index (χ4v) is 4.13. The SMILES string of the molecule is CCN1CCC(NC2CCCSC2)CC1C. The van der Waals surface area contributed by atoms with Gasteiger partial charge >= 0.3 is 0 Å². The van der Waals surface area contributed by atoms with Crippen LogP contribution in [0.15, 0.2) is 0 Å². The highest BCUT2D eigenvalue weighted by molar-refractivity contribution is 7.99. The molecule has 2 aliphatic heterocycles. The zero-order chi connectivity index (χ0) is 11.4. The molecule has 3 unspecified atom stereocenters. The highest BCUT2D eigenvalue weighted by Crippen LogP contribution is 2.21. The number of hydrogen-bond donors (Lipinski definition) is 1. The van der Waals surface area contributed by atoms with Gasteiger partial charge in [0.15, 0.2) is 0 Å². The third-order valence-corrected chi connectivity index (χ3v) is 5.27. The minimum atomic E-state index is 0.771. The van der Waals surface area contributed by atoms with E-state index in [1.807, 2.05) is 0 Å². The highest BCUT2D eigenvalue weighted by atomic mass is 32.2. The lowest BCUT2D eigenvalue weighted by Crippen LogP contribution is -2.50. The second-order valence-corrected chi connectivity index (χ2v) is 6.43. The smallest absolute Gasteiger partial charge is 0.0161 e. The molecule has 0 aromatic rings. The zero-order valence-corrected chi connectivity index (χ0v) is 11.6. The molecule has 0 aromatic carbocycles. The number of hydrogen-bond acceptors (Lipinski definition) is 3. The molecule has 3 atom stereocenters. The van der Waals surface area contributed by atoms with Crippen molar-refractivity contribution in [2.45, 2.75) is 57.7 Å². The maximum absolute atomic E-state index is 3.89. The first kappa shape index (κ1) is 12.7. The van der Waals surface area contributed by atoms with Crippen LogP contribution in [-0.4, -0.2) is 47.6 Å². The molecule has 2 heterocycles. The van der Waals surface area contributed by atoms with E-state index in [1.165, 1.54) is 50.3 Å². The number of piperidine rings is 1. The Hall–Kier alpha value is 0.270. The number of likely N-dealkylation sites (tertiary alicyclic amines) is 1. The molecular weight excluding hydrogens is 216 g/mol. The molecule has 16 heavy (non-hydrogen) atoms. The maximum Gasteiger partial charge on any atom is 0.0161 e. The monoisotopic (exact) mass is 242 g/mol. The first-order valence-corrected chi connectivity index (χ1v) is 8.03. The van der Waals surface area contributed by atoms with Gasteiger partial charge in [0, 0.05) is 23.9 Å². The molecule has 0 aliphatic carbocycles. The summed E-state index contributed by atoms with van der Waals surface area (Å²) in [7, 11) is 0. The maximum atomic E-state index is 3.89. The van der Waals surface area contributed by atoms with E-state index in [1.54, 1.807) is 0 Å². The molecule has 94 valence electrons. The number of rotatable bonds is 3. The van der Waals surface area contributed by atoms with Crippen LogP contribution in [0, 0.1) is 0 Å². The van der Waals surface area contributed by atoms with Gasteiger partial charge in [0.2, 0.25) is 0 Å². The molecule has 0 spiro atoms. The van der Waals surface area contributed by atoms with Crippen LogP contribution in [0.1, 0.15) is 39.5 Å². The van der Waals surface area contributed by atoms with Crippen LogP contribution >= 0.6 is 11.8 Å². The van der Waals surface area contributed by atoms with Crippen molar-refractivity contribution in [1.29, 1.82) is 0 Å². The first-order chi connectivity index (χ1) is 7.79. The van der Waals surface area contributed by atoms with E-state index in [0.29, 0.717) is 0 Å². The Bertz CT molecular complexity index is 204. The predicted molar refractivity (Wildman–Crippen MR) is 73.2 cm³/mol. The van der Waals surface area contributed by atoms with Gasteiger partial charge < -0.3 is 10.2 Å². The van der Waals surface area contributed by atoms with Gasteiger partial charge in [-0.3, -0.25) is 0 Å². The summed E-state index contributed by atoms with van der Waals surface area (Å²) in [6.45, 7) is 7.16. The van der Waals surface area contributed by atoms with E-state index < -0.39 is 0 Å². The number of nitrogens with one attached hydrogen (secondary N) is 1. The first-order valence-electron chi connectivity index (χ1n) is 6.87.